The van der Waals surface area contributed by atoms with Crippen LogP contribution in [0, 0.1) is 6.92 Å². The van der Waals surface area contributed by atoms with Gasteiger partial charge in [-0.05, 0) is 54.7 Å². The molecule has 0 aliphatic carbocycles. The summed E-state index contributed by atoms with van der Waals surface area (Å²) in [6.45, 7) is 8.29. The first-order chi connectivity index (χ1) is 13.9. The van der Waals surface area contributed by atoms with Crippen molar-refractivity contribution in [1.29, 1.82) is 0 Å². The van der Waals surface area contributed by atoms with Gasteiger partial charge < -0.3 is 9.64 Å². The number of ether oxygens (including phenoxy) is 1. The minimum absolute atomic E-state index is 0.0149. The van der Waals surface area contributed by atoms with Crippen LogP contribution in [0.5, 0.6) is 5.75 Å². The van der Waals surface area contributed by atoms with Crippen molar-refractivity contribution >= 4 is 5.91 Å². The molecule has 3 aromatic rings. The predicted molar refractivity (Wildman–Crippen MR) is 113 cm³/mol. The topological polar surface area (TPSA) is 60.2 Å². The van der Waals surface area contributed by atoms with Crippen molar-refractivity contribution in [2.45, 2.75) is 39.7 Å². The highest BCUT2D eigenvalue weighted by atomic mass is 16.5. The highest BCUT2D eigenvalue weighted by Crippen LogP contribution is 2.28. The number of hydrogen-bond donors (Lipinski definition) is 0. The first kappa shape index (κ1) is 20.6. The minimum Gasteiger partial charge on any atom is -0.483 e. The van der Waals surface area contributed by atoms with Crippen molar-refractivity contribution in [3.05, 3.63) is 71.8 Å². The van der Waals surface area contributed by atoms with Crippen molar-refractivity contribution < 1.29 is 9.53 Å². The lowest BCUT2D eigenvalue weighted by molar-refractivity contribution is -0.134. The van der Waals surface area contributed by atoms with Crippen LogP contribution in [0.1, 0.15) is 49.4 Å². The molecule has 29 heavy (non-hydrogen) atoms. The van der Waals surface area contributed by atoms with Crippen LogP contribution in [0.3, 0.4) is 0 Å². The zero-order valence-electron chi connectivity index (χ0n) is 17.7. The number of hydrogen-bond acceptors (Lipinski definition) is 4. The Balaban J connectivity index is 1.65. The molecule has 0 radical (unpaired) electrons. The molecule has 1 atom stereocenters. The first-order valence-electron chi connectivity index (χ1n) is 9.80. The number of rotatable bonds is 7. The summed E-state index contributed by atoms with van der Waals surface area (Å²) in [6, 6.07) is 14.0. The lowest BCUT2D eigenvalue weighted by atomic mass is 10.0. The third kappa shape index (κ3) is 4.83. The van der Waals surface area contributed by atoms with Gasteiger partial charge in [-0.3, -0.25) is 4.79 Å². The maximum Gasteiger partial charge on any atom is 0.260 e. The molecule has 0 unspecified atom stereocenters. The smallest absolute Gasteiger partial charge is 0.260 e. The van der Waals surface area contributed by atoms with E-state index in [2.05, 4.69) is 36.1 Å². The van der Waals surface area contributed by atoms with Crippen LogP contribution in [0.4, 0.5) is 0 Å². The molecule has 0 saturated heterocycles. The molecular weight excluding hydrogens is 364 g/mol. The summed E-state index contributed by atoms with van der Waals surface area (Å²) in [5, 5.41) is 4.13. The molecule has 0 spiro atoms. The van der Waals surface area contributed by atoms with Gasteiger partial charge in [0.1, 0.15) is 18.4 Å². The lowest BCUT2D eigenvalue weighted by Crippen LogP contribution is -2.33. The molecule has 0 saturated carbocycles. The van der Waals surface area contributed by atoms with Crippen molar-refractivity contribution in [2.24, 2.45) is 0 Å². The van der Waals surface area contributed by atoms with E-state index in [4.69, 9.17) is 4.74 Å². The van der Waals surface area contributed by atoms with E-state index in [-0.39, 0.29) is 18.6 Å². The van der Waals surface area contributed by atoms with Crippen LogP contribution in [0.15, 0.2) is 55.1 Å². The molecule has 3 rings (SSSR count). The highest BCUT2D eigenvalue weighted by molar-refractivity contribution is 5.78. The van der Waals surface area contributed by atoms with E-state index in [1.807, 2.05) is 44.2 Å². The Kier molecular flexibility index (Phi) is 6.32. The molecule has 0 N–H and O–H groups in total. The van der Waals surface area contributed by atoms with Gasteiger partial charge in [-0.15, -0.1) is 0 Å². The zero-order chi connectivity index (χ0) is 21.0. The van der Waals surface area contributed by atoms with Gasteiger partial charge in [0.15, 0.2) is 6.61 Å². The maximum absolute atomic E-state index is 12.7. The number of nitrogens with zero attached hydrogens (tertiary/aromatic N) is 4. The number of carbonyl (C=O) groups excluding carboxylic acids is 1. The number of likely N-dealkylation sites (N-methyl/N-ethyl adjacent to an activating group) is 1. The molecule has 1 amide bonds. The van der Waals surface area contributed by atoms with Gasteiger partial charge in [-0.2, -0.15) is 5.10 Å². The quantitative estimate of drug-likeness (QED) is 0.602. The lowest BCUT2D eigenvalue weighted by Gasteiger charge is -2.26. The average Bonchev–Trinajstić information content (AvgIpc) is 3.25. The summed E-state index contributed by atoms with van der Waals surface area (Å²) >= 11 is 0. The third-order valence-corrected chi connectivity index (χ3v) is 5.18. The summed E-state index contributed by atoms with van der Waals surface area (Å²) in [7, 11) is 1.81. The van der Waals surface area contributed by atoms with Crippen LogP contribution in [0.2, 0.25) is 0 Å². The number of benzene rings is 2. The fourth-order valence-corrected chi connectivity index (χ4v) is 3.17. The number of aryl methyl sites for hydroxylation is 1. The molecule has 0 aliphatic rings. The minimum atomic E-state index is -0.0713. The van der Waals surface area contributed by atoms with E-state index in [9.17, 15) is 4.79 Å². The Labute approximate surface area is 172 Å². The number of amides is 1. The van der Waals surface area contributed by atoms with Crippen LogP contribution in [0.25, 0.3) is 5.69 Å². The second-order valence-corrected chi connectivity index (χ2v) is 7.60. The number of aromatic nitrogens is 3. The third-order valence-electron chi connectivity index (χ3n) is 5.18. The molecule has 152 valence electrons. The molecule has 1 aromatic heterocycles. The molecule has 0 fully saturated rings. The van der Waals surface area contributed by atoms with Crippen molar-refractivity contribution in [3.8, 4) is 11.4 Å². The van der Waals surface area contributed by atoms with E-state index >= 15 is 0 Å². The van der Waals surface area contributed by atoms with Gasteiger partial charge in [0.05, 0.1) is 11.7 Å². The Morgan fingerprint density at radius 3 is 2.48 bits per heavy atom. The Morgan fingerprint density at radius 1 is 1.14 bits per heavy atom. The molecular formula is C23H28N4O2. The predicted octanol–water partition coefficient (Wildman–Crippen LogP) is 4.30. The summed E-state index contributed by atoms with van der Waals surface area (Å²) in [4.78, 5) is 18.4. The SMILES string of the molecule is Cc1ccc(C(C)C)c(OCC(=O)N(C)[C@@H](C)c2ccc(-n3cncn3)cc2)c1. The fourth-order valence-electron chi connectivity index (χ4n) is 3.17. The highest BCUT2D eigenvalue weighted by Gasteiger charge is 2.19. The van der Waals surface area contributed by atoms with E-state index in [0.29, 0.717) is 5.92 Å². The Morgan fingerprint density at radius 2 is 1.86 bits per heavy atom. The average molecular weight is 393 g/mol. The van der Waals surface area contributed by atoms with Crippen LogP contribution in [-0.4, -0.2) is 39.2 Å². The van der Waals surface area contributed by atoms with Gasteiger partial charge in [-0.25, -0.2) is 9.67 Å². The zero-order valence-corrected chi connectivity index (χ0v) is 17.7. The Hall–Kier alpha value is -3.15. The van der Waals surface area contributed by atoms with Crippen molar-refractivity contribution in [1.82, 2.24) is 19.7 Å². The van der Waals surface area contributed by atoms with Crippen molar-refractivity contribution in [3.63, 3.8) is 0 Å². The molecule has 0 bridgehead atoms. The summed E-state index contributed by atoms with van der Waals surface area (Å²) in [5.74, 6) is 1.06. The largest absolute Gasteiger partial charge is 0.483 e. The summed E-state index contributed by atoms with van der Waals surface area (Å²) in [5.41, 5.74) is 4.20. The fraction of sp³-hybridized carbons (Fsp3) is 0.348. The maximum atomic E-state index is 12.7. The van der Waals surface area contributed by atoms with Gasteiger partial charge in [0.25, 0.3) is 5.91 Å². The molecule has 6 heteroatoms. The standard InChI is InChI=1S/C23H28N4O2/c1-16(2)21-11-6-17(3)12-22(21)29-13-23(28)26(5)18(4)19-7-9-20(10-8-19)27-15-24-14-25-27/h6-12,14-16,18H,13H2,1-5H3/t18-/m0/s1. The molecule has 2 aromatic carbocycles. The van der Waals surface area contributed by atoms with Crippen LogP contribution >= 0.6 is 0 Å². The monoisotopic (exact) mass is 392 g/mol. The summed E-state index contributed by atoms with van der Waals surface area (Å²) in [6.07, 6.45) is 3.16. The first-order valence-corrected chi connectivity index (χ1v) is 9.80. The molecule has 0 aliphatic heterocycles. The number of carbonyl (C=O) groups is 1. The molecule has 6 nitrogen and oxygen atoms in total. The normalized spacial score (nSPS) is 12.1. The van der Waals surface area contributed by atoms with E-state index < -0.39 is 0 Å². The second kappa shape index (κ2) is 8.90. The van der Waals surface area contributed by atoms with Gasteiger partial charge in [-0.1, -0.05) is 38.1 Å². The molecule has 1 heterocycles. The van der Waals surface area contributed by atoms with E-state index in [0.717, 1.165) is 28.1 Å². The Bertz CT molecular complexity index is 950. The van der Waals surface area contributed by atoms with E-state index in [1.165, 1.54) is 6.33 Å². The van der Waals surface area contributed by atoms with Gasteiger partial charge in [0.2, 0.25) is 0 Å². The van der Waals surface area contributed by atoms with Gasteiger partial charge >= 0.3 is 0 Å². The van der Waals surface area contributed by atoms with Gasteiger partial charge in [0, 0.05) is 7.05 Å². The summed E-state index contributed by atoms with van der Waals surface area (Å²) < 4.78 is 7.61. The second-order valence-electron chi connectivity index (χ2n) is 7.60. The van der Waals surface area contributed by atoms with Crippen LogP contribution < -0.4 is 4.74 Å². The van der Waals surface area contributed by atoms with Crippen LogP contribution in [-0.2, 0) is 4.79 Å². The van der Waals surface area contributed by atoms with E-state index in [1.54, 1.807) is 23.0 Å². The van der Waals surface area contributed by atoms with Crippen molar-refractivity contribution in [2.75, 3.05) is 13.7 Å².